The molecular formula is C15H20O2S. The Morgan fingerprint density at radius 1 is 1.56 bits per heavy atom. The highest BCUT2D eigenvalue weighted by atomic mass is 32.1. The quantitative estimate of drug-likeness (QED) is 0.773. The average Bonchev–Trinajstić information content (AvgIpc) is 2.98. The maximum absolute atomic E-state index is 12.0. The van der Waals surface area contributed by atoms with Crippen LogP contribution >= 0.6 is 11.3 Å². The van der Waals surface area contributed by atoms with Crippen LogP contribution in [0.3, 0.4) is 0 Å². The third-order valence-corrected chi connectivity index (χ3v) is 5.75. The Morgan fingerprint density at radius 3 is 3.17 bits per heavy atom. The van der Waals surface area contributed by atoms with Crippen LogP contribution < -0.4 is 0 Å². The third kappa shape index (κ3) is 2.20. The van der Waals surface area contributed by atoms with E-state index in [1.165, 1.54) is 25.7 Å². The van der Waals surface area contributed by atoms with Crippen LogP contribution in [0.5, 0.6) is 0 Å². The SMILES string of the molecule is CC(C(=O)OCC1CC2CCCC21)c1cccs1. The standard InChI is InChI=1S/C15H20O2S/c1-10(14-6-3-7-18-14)15(16)17-9-12-8-11-4-2-5-13(11)12/h3,6-7,10-13H,2,4-5,8-9H2,1H3. The Kier molecular flexibility index (Phi) is 3.42. The van der Waals surface area contributed by atoms with Crippen LogP contribution in [-0.4, -0.2) is 12.6 Å². The van der Waals surface area contributed by atoms with Gasteiger partial charge in [0.25, 0.3) is 0 Å². The second-order valence-corrected chi connectivity index (χ2v) is 6.70. The van der Waals surface area contributed by atoms with Crippen LogP contribution in [-0.2, 0) is 9.53 Å². The van der Waals surface area contributed by atoms with Gasteiger partial charge in [0.2, 0.25) is 0 Å². The molecule has 4 atom stereocenters. The number of hydrogen-bond acceptors (Lipinski definition) is 3. The fourth-order valence-corrected chi connectivity index (χ4v) is 4.28. The van der Waals surface area contributed by atoms with E-state index in [1.54, 1.807) is 11.3 Å². The zero-order valence-electron chi connectivity index (χ0n) is 10.8. The van der Waals surface area contributed by atoms with E-state index in [9.17, 15) is 4.79 Å². The van der Waals surface area contributed by atoms with Crippen LogP contribution in [0.1, 0.15) is 43.4 Å². The van der Waals surface area contributed by atoms with Gasteiger partial charge in [0.15, 0.2) is 0 Å². The highest BCUT2D eigenvalue weighted by molar-refractivity contribution is 7.10. The minimum absolute atomic E-state index is 0.0566. The van der Waals surface area contributed by atoms with Gasteiger partial charge in [-0.3, -0.25) is 4.79 Å². The minimum Gasteiger partial charge on any atom is -0.465 e. The summed E-state index contributed by atoms with van der Waals surface area (Å²) < 4.78 is 5.51. The van der Waals surface area contributed by atoms with E-state index in [-0.39, 0.29) is 11.9 Å². The van der Waals surface area contributed by atoms with Crippen molar-refractivity contribution in [3.63, 3.8) is 0 Å². The van der Waals surface area contributed by atoms with Gasteiger partial charge in [-0.2, -0.15) is 0 Å². The summed E-state index contributed by atoms with van der Waals surface area (Å²) in [4.78, 5) is 13.1. The molecule has 3 heteroatoms. The zero-order chi connectivity index (χ0) is 12.5. The van der Waals surface area contributed by atoms with Crippen LogP contribution in [0, 0.1) is 17.8 Å². The van der Waals surface area contributed by atoms with Crippen molar-refractivity contribution >= 4 is 17.3 Å². The van der Waals surface area contributed by atoms with Gasteiger partial charge in [-0.05, 0) is 49.0 Å². The van der Waals surface area contributed by atoms with Crippen molar-refractivity contribution in [1.29, 1.82) is 0 Å². The average molecular weight is 264 g/mol. The van der Waals surface area contributed by atoms with Gasteiger partial charge >= 0.3 is 5.97 Å². The van der Waals surface area contributed by atoms with Crippen LogP contribution in [0.15, 0.2) is 17.5 Å². The van der Waals surface area contributed by atoms with Crippen molar-refractivity contribution in [2.24, 2.45) is 17.8 Å². The lowest BCUT2D eigenvalue weighted by atomic mass is 9.67. The second kappa shape index (κ2) is 5.04. The molecule has 0 spiro atoms. The Labute approximate surface area is 112 Å². The van der Waals surface area contributed by atoms with Gasteiger partial charge in [-0.15, -0.1) is 11.3 Å². The lowest BCUT2D eigenvalue weighted by molar-refractivity contribution is -0.149. The molecule has 1 heterocycles. The van der Waals surface area contributed by atoms with Crippen LogP contribution in [0.4, 0.5) is 0 Å². The van der Waals surface area contributed by atoms with Crippen molar-refractivity contribution in [1.82, 2.24) is 0 Å². The van der Waals surface area contributed by atoms with Gasteiger partial charge in [0, 0.05) is 4.88 Å². The summed E-state index contributed by atoms with van der Waals surface area (Å²) in [6, 6.07) is 3.99. The number of carbonyl (C=O) groups is 1. The first-order valence-corrected chi connectivity index (χ1v) is 7.83. The Morgan fingerprint density at radius 2 is 2.44 bits per heavy atom. The number of rotatable bonds is 4. The van der Waals surface area contributed by atoms with Crippen molar-refractivity contribution in [2.75, 3.05) is 6.61 Å². The molecule has 0 saturated heterocycles. The monoisotopic (exact) mass is 264 g/mol. The number of ether oxygens (including phenoxy) is 1. The minimum atomic E-state index is -0.107. The Bertz CT molecular complexity index is 412. The van der Waals surface area contributed by atoms with E-state index in [0.717, 1.165) is 16.7 Å². The number of hydrogen-bond donors (Lipinski definition) is 0. The van der Waals surface area contributed by atoms with Gasteiger partial charge in [0.1, 0.15) is 0 Å². The number of carbonyl (C=O) groups excluding carboxylic acids is 1. The summed E-state index contributed by atoms with van der Waals surface area (Å²) in [6.07, 6.45) is 5.42. The van der Waals surface area contributed by atoms with Crippen molar-refractivity contribution < 1.29 is 9.53 Å². The van der Waals surface area contributed by atoms with E-state index >= 15 is 0 Å². The molecule has 0 radical (unpaired) electrons. The van der Waals surface area contributed by atoms with E-state index in [1.807, 2.05) is 24.4 Å². The molecule has 1 aromatic rings. The first kappa shape index (κ1) is 12.2. The first-order valence-electron chi connectivity index (χ1n) is 6.95. The highest BCUT2D eigenvalue weighted by Gasteiger charge is 2.44. The van der Waals surface area contributed by atoms with Crippen LogP contribution in [0.25, 0.3) is 0 Å². The second-order valence-electron chi connectivity index (χ2n) is 5.72. The maximum atomic E-state index is 12.0. The van der Waals surface area contributed by atoms with Crippen molar-refractivity contribution in [2.45, 2.75) is 38.5 Å². The summed E-state index contributed by atoms with van der Waals surface area (Å²) in [5.41, 5.74) is 0. The molecular weight excluding hydrogens is 244 g/mol. The summed E-state index contributed by atoms with van der Waals surface area (Å²) in [6.45, 7) is 2.59. The number of esters is 1. The van der Waals surface area contributed by atoms with Gasteiger partial charge in [-0.1, -0.05) is 18.9 Å². The van der Waals surface area contributed by atoms with Gasteiger partial charge in [-0.25, -0.2) is 0 Å². The van der Waals surface area contributed by atoms with Gasteiger partial charge < -0.3 is 4.74 Å². The largest absolute Gasteiger partial charge is 0.465 e. The molecule has 1 aromatic heterocycles. The Balaban J connectivity index is 1.47. The maximum Gasteiger partial charge on any atom is 0.313 e. The van der Waals surface area contributed by atoms with Crippen molar-refractivity contribution in [3.8, 4) is 0 Å². The molecule has 0 aromatic carbocycles. The molecule has 18 heavy (non-hydrogen) atoms. The molecule has 3 rings (SSSR count). The fourth-order valence-electron chi connectivity index (χ4n) is 3.51. The van der Waals surface area contributed by atoms with Gasteiger partial charge in [0.05, 0.1) is 12.5 Å². The molecule has 0 bridgehead atoms. The molecule has 2 fully saturated rings. The Hall–Kier alpha value is -0.830. The van der Waals surface area contributed by atoms with Crippen LogP contribution in [0.2, 0.25) is 0 Å². The van der Waals surface area contributed by atoms with E-state index in [4.69, 9.17) is 4.74 Å². The lowest BCUT2D eigenvalue weighted by Gasteiger charge is -2.40. The molecule has 98 valence electrons. The molecule has 2 nitrogen and oxygen atoms in total. The summed E-state index contributed by atoms with van der Waals surface area (Å²) in [7, 11) is 0. The molecule has 2 aliphatic rings. The summed E-state index contributed by atoms with van der Waals surface area (Å²) in [5, 5.41) is 2.01. The molecule has 4 unspecified atom stereocenters. The van der Waals surface area contributed by atoms with E-state index < -0.39 is 0 Å². The van der Waals surface area contributed by atoms with E-state index in [0.29, 0.717) is 12.5 Å². The first-order chi connectivity index (χ1) is 8.75. The fraction of sp³-hybridized carbons (Fsp3) is 0.667. The molecule has 0 aliphatic heterocycles. The predicted octanol–water partition coefficient (Wildman–Crippen LogP) is 3.83. The topological polar surface area (TPSA) is 26.3 Å². The molecule has 2 saturated carbocycles. The van der Waals surface area contributed by atoms with E-state index in [2.05, 4.69) is 0 Å². The zero-order valence-corrected chi connectivity index (χ0v) is 11.6. The number of fused-ring (bicyclic) bond motifs is 1. The summed E-state index contributed by atoms with van der Waals surface area (Å²) in [5.74, 6) is 2.29. The predicted molar refractivity (Wildman–Crippen MR) is 72.6 cm³/mol. The lowest BCUT2D eigenvalue weighted by Crippen LogP contribution is -2.36. The molecule has 0 N–H and O–H groups in total. The number of thiophene rings is 1. The summed E-state index contributed by atoms with van der Waals surface area (Å²) >= 11 is 1.63. The highest BCUT2D eigenvalue weighted by Crippen LogP contribution is 2.51. The molecule has 2 aliphatic carbocycles. The normalized spacial score (nSPS) is 31.5. The van der Waals surface area contributed by atoms with Crippen molar-refractivity contribution in [3.05, 3.63) is 22.4 Å². The smallest absolute Gasteiger partial charge is 0.313 e. The molecule has 0 amide bonds. The third-order valence-electron chi connectivity index (χ3n) is 4.69.